The van der Waals surface area contributed by atoms with Crippen LogP contribution in [-0.4, -0.2) is 22.1 Å². The predicted molar refractivity (Wildman–Crippen MR) is 97.1 cm³/mol. The van der Waals surface area contributed by atoms with Crippen molar-refractivity contribution in [3.05, 3.63) is 77.8 Å². The maximum absolute atomic E-state index is 12.1. The van der Waals surface area contributed by atoms with E-state index in [1.54, 1.807) is 24.7 Å². The topological polar surface area (TPSA) is 56.1 Å². The first kappa shape index (κ1) is 17.0. The zero-order valence-electron chi connectivity index (χ0n) is 13.7. The summed E-state index contributed by atoms with van der Waals surface area (Å²) >= 11 is 6.00. The monoisotopic (exact) mass is 355 g/mol. The van der Waals surface area contributed by atoms with Gasteiger partial charge in [0, 0.05) is 18.1 Å². The maximum Gasteiger partial charge on any atom is 0.258 e. The van der Waals surface area contributed by atoms with Crippen LogP contribution in [0.4, 0.5) is 0 Å². The number of benzene rings is 2. The summed E-state index contributed by atoms with van der Waals surface area (Å²) in [5.74, 6) is 0.294. The Morgan fingerprint density at radius 2 is 2.00 bits per heavy atom. The van der Waals surface area contributed by atoms with Gasteiger partial charge in [0.25, 0.3) is 5.91 Å². The van der Waals surface area contributed by atoms with Crippen LogP contribution in [0.3, 0.4) is 0 Å². The minimum Gasteiger partial charge on any atom is -0.482 e. The van der Waals surface area contributed by atoms with Gasteiger partial charge in [0.1, 0.15) is 5.75 Å². The van der Waals surface area contributed by atoms with Crippen LogP contribution >= 0.6 is 11.6 Å². The number of carbonyl (C=O) groups is 1. The lowest BCUT2D eigenvalue weighted by Gasteiger charge is -2.15. The fourth-order valence-electron chi connectivity index (χ4n) is 2.42. The number of ether oxygens (including phenoxy) is 1. The van der Waals surface area contributed by atoms with E-state index in [-0.39, 0.29) is 18.6 Å². The van der Waals surface area contributed by atoms with E-state index in [1.807, 2.05) is 54.1 Å². The summed E-state index contributed by atoms with van der Waals surface area (Å²) in [6.45, 7) is 1.85. The lowest BCUT2D eigenvalue weighted by atomic mass is 10.1. The smallest absolute Gasteiger partial charge is 0.258 e. The maximum atomic E-state index is 12.1. The molecule has 1 amide bonds. The Morgan fingerprint density at radius 1 is 1.24 bits per heavy atom. The van der Waals surface area contributed by atoms with Crippen molar-refractivity contribution in [1.29, 1.82) is 0 Å². The molecule has 5 nitrogen and oxygen atoms in total. The van der Waals surface area contributed by atoms with Crippen molar-refractivity contribution in [3.63, 3.8) is 0 Å². The van der Waals surface area contributed by atoms with Crippen molar-refractivity contribution < 1.29 is 9.53 Å². The molecule has 3 rings (SSSR count). The highest BCUT2D eigenvalue weighted by atomic mass is 35.5. The number of carbonyl (C=O) groups excluding carboxylic acids is 1. The average molecular weight is 356 g/mol. The van der Waals surface area contributed by atoms with Crippen LogP contribution in [0.1, 0.15) is 18.5 Å². The molecule has 0 radical (unpaired) electrons. The molecule has 0 saturated carbocycles. The molecule has 1 heterocycles. The molecular formula is C19H18ClN3O2. The SMILES string of the molecule is C[C@H](NC(=O)COc1ccccc1Cl)c1ccc(-n2ccnc2)cc1. The Hall–Kier alpha value is -2.79. The molecule has 0 saturated heterocycles. The second-order valence-corrected chi connectivity index (χ2v) is 5.98. The molecule has 0 aliphatic carbocycles. The normalized spacial score (nSPS) is 11.8. The standard InChI is InChI=1S/C19H18ClN3O2/c1-14(15-6-8-16(9-7-15)23-11-10-21-13-23)22-19(24)12-25-18-5-3-2-4-17(18)20/h2-11,13-14H,12H2,1H3,(H,22,24)/t14-/m0/s1. The van der Waals surface area contributed by atoms with Crippen LogP contribution in [0, 0.1) is 0 Å². The molecule has 0 unspecified atom stereocenters. The molecule has 0 bridgehead atoms. The Labute approximate surface area is 151 Å². The fourth-order valence-corrected chi connectivity index (χ4v) is 2.61. The molecule has 1 aromatic heterocycles. The van der Waals surface area contributed by atoms with Gasteiger partial charge in [-0.05, 0) is 36.8 Å². The van der Waals surface area contributed by atoms with E-state index in [4.69, 9.17) is 16.3 Å². The first-order chi connectivity index (χ1) is 12.1. The van der Waals surface area contributed by atoms with E-state index in [9.17, 15) is 4.79 Å². The summed E-state index contributed by atoms with van der Waals surface area (Å²) in [7, 11) is 0. The van der Waals surface area contributed by atoms with Gasteiger partial charge in [0.15, 0.2) is 6.61 Å². The first-order valence-corrected chi connectivity index (χ1v) is 8.26. The molecule has 6 heteroatoms. The Balaban J connectivity index is 1.55. The van der Waals surface area contributed by atoms with Crippen LogP contribution in [0.5, 0.6) is 5.75 Å². The van der Waals surface area contributed by atoms with E-state index < -0.39 is 0 Å². The van der Waals surface area contributed by atoms with Crippen molar-refractivity contribution in [2.75, 3.05) is 6.61 Å². The van der Waals surface area contributed by atoms with E-state index in [0.29, 0.717) is 10.8 Å². The Kier molecular flexibility index (Phi) is 5.36. The number of hydrogen-bond acceptors (Lipinski definition) is 3. The number of aromatic nitrogens is 2. The van der Waals surface area contributed by atoms with Gasteiger partial charge in [-0.25, -0.2) is 4.98 Å². The number of hydrogen-bond donors (Lipinski definition) is 1. The average Bonchev–Trinajstić information content (AvgIpc) is 3.16. The number of rotatable bonds is 6. The quantitative estimate of drug-likeness (QED) is 0.732. The van der Waals surface area contributed by atoms with Gasteiger partial charge in [-0.2, -0.15) is 0 Å². The van der Waals surface area contributed by atoms with Gasteiger partial charge in [-0.3, -0.25) is 4.79 Å². The Morgan fingerprint density at radius 3 is 2.68 bits per heavy atom. The van der Waals surface area contributed by atoms with Gasteiger partial charge in [-0.1, -0.05) is 35.9 Å². The number of halogens is 1. The second kappa shape index (κ2) is 7.85. The van der Waals surface area contributed by atoms with E-state index in [2.05, 4.69) is 10.3 Å². The second-order valence-electron chi connectivity index (χ2n) is 5.57. The third-order valence-corrected chi connectivity index (χ3v) is 4.08. The third-order valence-electron chi connectivity index (χ3n) is 3.77. The van der Waals surface area contributed by atoms with Crippen molar-refractivity contribution in [3.8, 4) is 11.4 Å². The largest absolute Gasteiger partial charge is 0.482 e. The molecule has 1 atom stereocenters. The molecule has 128 valence electrons. The number of imidazole rings is 1. The molecule has 0 aliphatic rings. The van der Waals surface area contributed by atoms with Gasteiger partial charge >= 0.3 is 0 Å². The zero-order valence-corrected chi connectivity index (χ0v) is 14.5. The molecule has 0 spiro atoms. The summed E-state index contributed by atoms with van der Waals surface area (Å²) in [6.07, 6.45) is 5.36. The van der Waals surface area contributed by atoms with Crippen LogP contribution in [-0.2, 0) is 4.79 Å². The van der Waals surface area contributed by atoms with Crippen LogP contribution in [0.25, 0.3) is 5.69 Å². The Bertz CT molecular complexity index is 832. The molecule has 1 N–H and O–H groups in total. The van der Waals surface area contributed by atoms with Crippen LogP contribution < -0.4 is 10.1 Å². The molecule has 0 fully saturated rings. The number of amides is 1. The minimum atomic E-state index is -0.203. The van der Waals surface area contributed by atoms with Crippen molar-refractivity contribution >= 4 is 17.5 Å². The molecule has 3 aromatic rings. The van der Waals surface area contributed by atoms with Crippen molar-refractivity contribution in [2.24, 2.45) is 0 Å². The van der Waals surface area contributed by atoms with Gasteiger partial charge in [0.2, 0.25) is 0 Å². The third kappa shape index (κ3) is 4.39. The van der Waals surface area contributed by atoms with E-state index in [1.165, 1.54) is 0 Å². The number of nitrogens with zero attached hydrogens (tertiary/aromatic N) is 2. The number of nitrogens with one attached hydrogen (secondary N) is 1. The van der Waals surface area contributed by atoms with Crippen molar-refractivity contribution in [1.82, 2.24) is 14.9 Å². The lowest BCUT2D eigenvalue weighted by Crippen LogP contribution is -2.31. The minimum absolute atomic E-state index is 0.0821. The first-order valence-electron chi connectivity index (χ1n) is 7.88. The van der Waals surface area contributed by atoms with E-state index in [0.717, 1.165) is 11.3 Å². The summed E-state index contributed by atoms with van der Waals surface area (Å²) < 4.78 is 7.37. The van der Waals surface area contributed by atoms with Gasteiger partial charge in [-0.15, -0.1) is 0 Å². The highest BCUT2D eigenvalue weighted by Gasteiger charge is 2.11. The highest BCUT2D eigenvalue weighted by molar-refractivity contribution is 6.32. The van der Waals surface area contributed by atoms with Crippen LogP contribution in [0.2, 0.25) is 5.02 Å². The number of para-hydroxylation sites is 1. The molecule has 2 aromatic carbocycles. The molecule has 0 aliphatic heterocycles. The van der Waals surface area contributed by atoms with Gasteiger partial charge < -0.3 is 14.6 Å². The molecule has 25 heavy (non-hydrogen) atoms. The fraction of sp³-hybridized carbons (Fsp3) is 0.158. The zero-order chi connectivity index (χ0) is 17.6. The molecular weight excluding hydrogens is 338 g/mol. The van der Waals surface area contributed by atoms with E-state index >= 15 is 0 Å². The van der Waals surface area contributed by atoms with Crippen LogP contribution in [0.15, 0.2) is 67.3 Å². The van der Waals surface area contributed by atoms with Crippen molar-refractivity contribution in [2.45, 2.75) is 13.0 Å². The lowest BCUT2D eigenvalue weighted by molar-refractivity contribution is -0.123. The summed E-state index contributed by atoms with van der Waals surface area (Å²) in [6, 6.07) is 14.9. The predicted octanol–water partition coefficient (Wildman–Crippen LogP) is 3.78. The van der Waals surface area contributed by atoms with Gasteiger partial charge in [0.05, 0.1) is 17.4 Å². The summed E-state index contributed by atoms with van der Waals surface area (Å²) in [4.78, 5) is 16.1. The summed E-state index contributed by atoms with van der Waals surface area (Å²) in [5.41, 5.74) is 2.02. The highest BCUT2D eigenvalue weighted by Crippen LogP contribution is 2.23. The summed E-state index contributed by atoms with van der Waals surface area (Å²) in [5, 5.41) is 3.40.